The quantitative estimate of drug-likeness (QED) is 0.736. The number of aromatic nitrogens is 2. The summed E-state index contributed by atoms with van der Waals surface area (Å²) in [7, 11) is 1.61. The van der Waals surface area contributed by atoms with Crippen LogP contribution >= 0.6 is 0 Å². The van der Waals surface area contributed by atoms with Gasteiger partial charge in [-0.15, -0.1) is 0 Å². The number of hydrogen-bond acceptors (Lipinski definition) is 6. The number of carbonyl (C=O) groups is 1. The van der Waals surface area contributed by atoms with Crippen LogP contribution in [0, 0.1) is 12.8 Å². The summed E-state index contributed by atoms with van der Waals surface area (Å²) in [6, 6.07) is 5.53. The molecule has 0 unspecified atom stereocenters. The Labute approximate surface area is 145 Å². The Balaban J connectivity index is 1.83. The molecular weight excluding hydrogens is 322 g/mol. The number of hydrogen-bond donors (Lipinski definition) is 1. The highest BCUT2D eigenvalue weighted by Gasteiger charge is 2.21. The van der Waals surface area contributed by atoms with Gasteiger partial charge in [-0.25, -0.2) is 0 Å². The number of benzene rings is 1. The van der Waals surface area contributed by atoms with E-state index in [2.05, 4.69) is 29.3 Å². The van der Waals surface area contributed by atoms with Gasteiger partial charge in [0.25, 0.3) is 0 Å². The van der Waals surface area contributed by atoms with Gasteiger partial charge in [0.1, 0.15) is 11.3 Å². The van der Waals surface area contributed by atoms with Crippen molar-refractivity contribution in [1.29, 1.82) is 0 Å². The number of fused-ring (bicyclic) bond motifs is 1. The number of aryl methyl sites for hydroxylation is 1. The fourth-order valence-corrected chi connectivity index (χ4v) is 2.50. The van der Waals surface area contributed by atoms with Crippen LogP contribution in [0.2, 0.25) is 0 Å². The molecule has 0 saturated carbocycles. The van der Waals surface area contributed by atoms with Gasteiger partial charge in [-0.2, -0.15) is 4.98 Å². The Morgan fingerprint density at radius 2 is 2.16 bits per heavy atom. The standard InChI is InChI=1S/C18H21N3O4/c1-10(2)7-8-19-17(22)18-20-16(21-25-18)15-11(3)13-9-12(23-4)5-6-14(13)24-15/h5-6,9-10H,7-8H2,1-4H3,(H,19,22). The zero-order valence-corrected chi connectivity index (χ0v) is 14.8. The lowest BCUT2D eigenvalue weighted by molar-refractivity contribution is 0.0908. The van der Waals surface area contributed by atoms with Crippen LogP contribution in [0.3, 0.4) is 0 Å². The molecule has 1 amide bonds. The fourth-order valence-electron chi connectivity index (χ4n) is 2.50. The van der Waals surface area contributed by atoms with E-state index in [-0.39, 0.29) is 17.6 Å². The van der Waals surface area contributed by atoms with E-state index in [9.17, 15) is 4.79 Å². The Hall–Kier alpha value is -2.83. The molecule has 0 aliphatic heterocycles. The first-order valence-corrected chi connectivity index (χ1v) is 8.19. The molecule has 2 aromatic heterocycles. The molecule has 0 aliphatic carbocycles. The van der Waals surface area contributed by atoms with Gasteiger partial charge in [0.05, 0.1) is 7.11 Å². The second-order valence-corrected chi connectivity index (χ2v) is 6.28. The molecule has 0 radical (unpaired) electrons. The molecule has 0 saturated heterocycles. The maximum absolute atomic E-state index is 12.1. The zero-order valence-electron chi connectivity index (χ0n) is 14.8. The first-order valence-electron chi connectivity index (χ1n) is 8.19. The number of carbonyl (C=O) groups excluding carboxylic acids is 1. The largest absolute Gasteiger partial charge is 0.497 e. The van der Waals surface area contributed by atoms with Crippen molar-refractivity contribution in [3.05, 3.63) is 29.7 Å². The summed E-state index contributed by atoms with van der Waals surface area (Å²) in [5.41, 5.74) is 1.56. The Kier molecular flexibility index (Phi) is 4.74. The maximum atomic E-state index is 12.1. The van der Waals surface area contributed by atoms with Crippen LogP contribution in [0.25, 0.3) is 22.6 Å². The van der Waals surface area contributed by atoms with Crippen molar-refractivity contribution in [1.82, 2.24) is 15.5 Å². The molecule has 1 aromatic carbocycles. The van der Waals surface area contributed by atoms with Crippen LogP contribution in [0.5, 0.6) is 5.75 Å². The lowest BCUT2D eigenvalue weighted by atomic mass is 10.1. The molecule has 25 heavy (non-hydrogen) atoms. The van der Waals surface area contributed by atoms with Crippen LogP contribution in [-0.4, -0.2) is 29.7 Å². The van der Waals surface area contributed by atoms with E-state index >= 15 is 0 Å². The van der Waals surface area contributed by atoms with Crippen LogP contribution in [0.1, 0.15) is 36.5 Å². The van der Waals surface area contributed by atoms with Gasteiger partial charge in [0.2, 0.25) is 5.82 Å². The van der Waals surface area contributed by atoms with E-state index in [1.807, 2.05) is 25.1 Å². The molecule has 3 rings (SSSR count). The highest BCUT2D eigenvalue weighted by atomic mass is 16.5. The number of furan rings is 1. The number of nitrogens with one attached hydrogen (secondary N) is 1. The van der Waals surface area contributed by atoms with E-state index in [1.54, 1.807) is 7.11 Å². The summed E-state index contributed by atoms with van der Waals surface area (Å²) in [6.45, 7) is 6.66. The second-order valence-electron chi connectivity index (χ2n) is 6.28. The summed E-state index contributed by atoms with van der Waals surface area (Å²) in [5, 5.41) is 7.55. The minimum absolute atomic E-state index is 0.0730. The third-order valence-electron chi connectivity index (χ3n) is 3.97. The number of rotatable bonds is 6. The van der Waals surface area contributed by atoms with Crippen LogP contribution in [0.4, 0.5) is 0 Å². The molecule has 2 heterocycles. The van der Waals surface area contributed by atoms with Gasteiger partial charge < -0.3 is 19.0 Å². The summed E-state index contributed by atoms with van der Waals surface area (Å²) in [6.07, 6.45) is 0.886. The molecule has 0 fully saturated rings. The van der Waals surface area contributed by atoms with E-state index in [4.69, 9.17) is 13.7 Å². The third kappa shape index (κ3) is 3.50. The summed E-state index contributed by atoms with van der Waals surface area (Å²) < 4.78 is 16.1. The summed E-state index contributed by atoms with van der Waals surface area (Å²) in [4.78, 5) is 16.2. The SMILES string of the molecule is COc1ccc2oc(-c3noc(C(=O)NCCC(C)C)n3)c(C)c2c1. The van der Waals surface area contributed by atoms with E-state index in [0.29, 0.717) is 23.8 Å². The van der Waals surface area contributed by atoms with Gasteiger partial charge in [0, 0.05) is 17.5 Å². The summed E-state index contributed by atoms with van der Waals surface area (Å²) >= 11 is 0. The van der Waals surface area contributed by atoms with Gasteiger partial charge in [0.15, 0.2) is 5.76 Å². The van der Waals surface area contributed by atoms with Crippen LogP contribution in [0.15, 0.2) is 27.1 Å². The molecule has 132 valence electrons. The van der Waals surface area contributed by atoms with Crippen molar-refractivity contribution in [2.24, 2.45) is 5.92 Å². The smallest absolute Gasteiger partial charge is 0.316 e. The molecule has 3 aromatic rings. The molecule has 7 heteroatoms. The number of nitrogens with zero attached hydrogens (tertiary/aromatic N) is 2. The lowest BCUT2D eigenvalue weighted by Gasteiger charge is -2.04. The molecule has 0 spiro atoms. The molecule has 0 bridgehead atoms. The lowest BCUT2D eigenvalue weighted by Crippen LogP contribution is -2.25. The minimum Gasteiger partial charge on any atom is -0.497 e. The second kappa shape index (κ2) is 6.96. The average Bonchev–Trinajstić information content (AvgIpc) is 3.19. The first-order chi connectivity index (χ1) is 12.0. The molecule has 1 N–H and O–H groups in total. The van der Waals surface area contributed by atoms with Crippen molar-refractivity contribution in [3.63, 3.8) is 0 Å². The van der Waals surface area contributed by atoms with Crippen molar-refractivity contribution in [2.75, 3.05) is 13.7 Å². The Bertz CT molecular complexity index is 895. The molecule has 7 nitrogen and oxygen atoms in total. The number of ether oxygens (including phenoxy) is 1. The third-order valence-corrected chi connectivity index (χ3v) is 3.97. The minimum atomic E-state index is -0.380. The van der Waals surface area contributed by atoms with Crippen LogP contribution in [-0.2, 0) is 0 Å². The highest BCUT2D eigenvalue weighted by molar-refractivity contribution is 5.91. The fraction of sp³-hybridized carbons (Fsp3) is 0.389. The topological polar surface area (TPSA) is 90.4 Å². The normalized spacial score (nSPS) is 11.2. The van der Waals surface area contributed by atoms with Gasteiger partial charge in [-0.05, 0) is 37.5 Å². The molecule has 0 atom stereocenters. The number of methoxy groups -OCH3 is 1. The van der Waals surface area contributed by atoms with Gasteiger partial charge in [-0.1, -0.05) is 19.0 Å². The van der Waals surface area contributed by atoms with E-state index in [1.165, 1.54) is 0 Å². The monoisotopic (exact) mass is 343 g/mol. The predicted molar refractivity (Wildman–Crippen MR) is 92.6 cm³/mol. The Morgan fingerprint density at radius 3 is 2.88 bits per heavy atom. The van der Waals surface area contributed by atoms with Crippen molar-refractivity contribution in [2.45, 2.75) is 27.2 Å². The zero-order chi connectivity index (χ0) is 18.0. The predicted octanol–water partition coefficient (Wildman–Crippen LogP) is 3.58. The first kappa shape index (κ1) is 17.0. The highest BCUT2D eigenvalue weighted by Crippen LogP contribution is 2.33. The van der Waals surface area contributed by atoms with Crippen LogP contribution < -0.4 is 10.1 Å². The molecular formula is C18H21N3O4. The van der Waals surface area contributed by atoms with Gasteiger partial charge >= 0.3 is 11.8 Å². The van der Waals surface area contributed by atoms with Crippen molar-refractivity contribution in [3.8, 4) is 17.3 Å². The average molecular weight is 343 g/mol. The Morgan fingerprint density at radius 1 is 1.36 bits per heavy atom. The molecule has 0 aliphatic rings. The maximum Gasteiger partial charge on any atom is 0.316 e. The van der Waals surface area contributed by atoms with E-state index in [0.717, 1.165) is 23.1 Å². The van der Waals surface area contributed by atoms with E-state index < -0.39 is 0 Å². The summed E-state index contributed by atoms with van der Waals surface area (Å²) in [5.74, 6) is 1.52. The van der Waals surface area contributed by atoms with Crippen molar-refractivity contribution >= 4 is 16.9 Å². The number of amides is 1. The van der Waals surface area contributed by atoms with Gasteiger partial charge in [-0.3, -0.25) is 4.79 Å². The van der Waals surface area contributed by atoms with Crippen molar-refractivity contribution < 1.29 is 18.5 Å².